The standard InChI is InChI=1S/C22H33N3O3/c1-16(2)18-4-6-20(7-5-18)23-21(26)17(3)24-10-8-19(9-11-24)22(27)25-12-14-28-15-13-25/h4-7,16-17,19H,8-15H2,1-3H3,(H,23,26)/t17-/m0/s1. The number of ether oxygens (including phenoxy) is 1. The summed E-state index contributed by atoms with van der Waals surface area (Å²) < 4.78 is 5.33. The van der Waals surface area contributed by atoms with E-state index in [1.807, 2.05) is 24.0 Å². The van der Waals surface area contributed by atoms with E-state index in [4.69, 9.17) is 4.74 Å². The number of hydrogen-bond donors (Lipinski definition) is 1. The predicted molar refractivity (Wildman–Crippen MR) is 110 cm³/mol. The van der Waals surface area contributed by atoms with E-state index < -0.39 is 0 Å². The van der Waals surface area contributed by atoms with E-state index in [2.05, 4.69) is 36.2 Å². The van der Waals surface area contributed by atoms with E-state index in [1.54, 1.807) is 0 Å². The van der Waals surface area contributed by atoms with Gasteiger partial charge in [0.25, 0.3) is 0 Å². The Morgan fingerprint density at radius 2 is 1.61 bits per heavy atom. The summed E-state index contributed by atoms with van der Waals surface area (Å²) in [6, 6.07) is 7.85. The van der Waals surface area contributed by atoms with Crippen molar-refractivity contribution in [3.05, 3.63) is 29.8 Å². The molecule has 1 aromatic rings. The van der Waals surface area contributed by atoms with Crippen LogP contribution in [0.15, 0.2) is 24.3 Å². The van der Waals surface area contributed by atoms with Gasteiger partial charge < -0.3 is 15.0 Å². The molecule has 2 aliphatic heterocycles. The van der Waals surface area contributed by atoms with Gasteiger partial charge in [0.05, 0.1) is 19.3 Å². The fourth-order valence-electron chi connectivity index (χ4n) is 3.94. The Morgan fingerprint density at radius 3 is 2.18 bits per heavy atom. The lowest BCUT2D eigenvalue weighted by Crippen LogP contribution is -2.50. The quantitative estimate of drug-likeness (QED) is 0.844. The maximum absolute atomic E-state index is 12.7. The van der Waals surface area contributed by atoms with Crippen molar-refractivity contribution in [2.24, 2.45) is 5.92 Å². The maximum atomic E-state index is 12.7. The molecule has 2 aliphatic rings. The summed E-state index contributed by atoms with van der Waals surface area (Å²) >= 11 is 0. The molecule has 2 fully saturated rings. The van der Waals surface area contributed by atoms with Gasteiger partial charge in [-0.3, -0.25) is 14.5 Å². The molecule has 3 rings (SSSR count). The van der Waals surface area contributed by atoms with E-state index in [1.165, 1.54) is 5.56 Å². The number of hydrogen-bond acceptors (Lipinski definition) is 4. The molecule has 1 aromatic carbocycles. The predicted octanol–water partition coefficient (Wildman–Crippen LogP) is 2.71. The third-order valence-electron chi connectivity index (χ3n) is 5.97. The van der Waals surface area contributed by atoms with Crippen LogP contribution in [0.1, 0.15) is 45.1 Å². The molecule has 0 aliphatic carbocycles. The highest BCUT2D eigenvalue weighted by molar-refractivity contribution is 5.94. The first-order valence-corrected chi connectivity index (χ1v) is 10.5. The highest BCUT2D eigenvalue weighted by Crippen LogP contribution is 2.23. The van der Waals surface area contributed by atoms with E-state index in [9.17, 15) is 9.59 Å². The number of carbonyl (C=O) groups excluding carboxylic acids is 2. The van der Waals surface area contributed by atoms with Crippen LogP contribution in [0, 0.1) is 5.92 Å². The van der Waals surface area contributed by atoms with Gasteiger partial charge in [-0.1, -0.05) is 26.0 Å². The average molecular weight is 388 g/mol. The molecule has 0 spiro atoms. The third-order valence-corrected chi connectivity index (χ3v) is 5.97. The highest BCUT2D eigenvalue weighted by Gasteiger charge is 2.32. The summed E-state index contributed by atoms with van der Waals surface area (Å²) in [5.41, 5.74) is 2.09. The molecule has 1 N–H and O–H groups in total. The fourth-order valence-corrected chi connectivity index (χ4v) is 3.94. The number of likely N-dealkylation sites (tertiary alicyclic amines) is 1. The second-order valence-electron chi connectivity index (χ2n) is 8.19. The van der Waals surface area contributed by atoms with Crippen LogP contribution in [0.25, 0.3) is 0 Å². The number of carbonyl (C=O) groups is 2. The Bertz CT molecular complexity index is 660. The number of piperidine rings is 1. The Balaban J connectivity index is 1.48. The Hall–Kier alpha value is -1.92. The molecule has 0 unspecified atom stereocenters. The molecule has 0 saturated carbocycles. The average Bonchev–Trinajstić information content (AvgIpc) is 2.73. The van der Waals surface area contributed by atoms with Crippen LogP contribution in [0.3, 0.4) is 0 Å². The number of rotatable bonds is 5. The molecule has 1 atom stereocenters. The summed E-state index contributed by atoms with van der Waals surface area (Å²) in [5, 5.41) is 3.02. The number of nitrogens with one attached hydrogen (secondary N) is 1. The van der Waals surface area contributed by atoms with Crippen molar-refractivity contribution in [3.63, 3.8) is 0 Å². The van der Waals surface area contributed by atoms with Crippen molar-refractivity contribution in [1.82, 2.24) is 9.80 Å². The van der Waals surface area contributed by atoms with E-state index >= 15 is 0 Å². The molecule has 6 heteroatoms. The Kier molecular flexibility index (Phi) is 7.08. The first kappa shape index (κ1) is 20.8. The van der Waals surface area contributed by atoms with Gasteiger partial charge in [0, 0.05) is 24.7 Å². The molecule has 2 saturated heterocycles. The zero-order valence-corrected chi connectivity index (χ0v) is 17.3. The number of nitrogens with zero attached hydrogens (tertiary/aromatic N) is 2. The van der Waals surface area contributed by atoms with Crippen molar-refractivity contribution in [1.29, 1.82) is 0 Å². The summed E-state index contributed by atoms with van der Waals surface area (Å²) in [4.78, 5) is 29.4. The van der Waals surface area contributed by atoms with E-state index in [0.717, 1.165) is 31.6 Å². The first-order chi connectivity index (χ1) is 13.5. The Morgan fingerprint density at radius 1 is 1.00 bits per heavy atom. The van der Waals surface area contributed by atoms with E-state index in [-0.39, 0.29) is 23.8 Å². The molecule has 6 nitrogen and oxygen atoms in total. The minimum atomic E-state index is -0.204. The van der Waals surface area contributed by atoms with Crippen molar-refractivity contribution in [2.45, 2.75) is 45.6 Å². The monoisotopic (exact) mass is 387 g/mol. The minimum absolute atomic E-state index is 0.00949. The van der Waals surface area contributed by atoms with Gasteiger partial charge in [-0.15, -0.1) is 0 Å². The van der Waals surface area contributed by atoms with Crippen LogP contribution in [-0.2, 0) is 14.3 Å². The first-order valence-electron chi connectivity index (χ1n) is 10.5. The van der Waals surface area contributed by atoms with Gasteiger partial charge in [0.2, 0.25) is 11.8 Å². The summed E-state index contributed by atoms with van der Waals surface area (Å²) in [6.45, 7) is 10.5. The molecule has 0 bridgehead atoms. The van der Waals surface area contributed by atoms with Crippen molar-refractivity contribution >= 4 is 17.5 Å². The number of amides is 2. The minimum Gasteiger partial charge on any atom is -0.378 e. The summed E-state index contributed by atoms with van der Waals surface area (Å²) in [7, 11) is 0. The molecule has 154 valence electrons. The van der Waals surface area contributed by atoms with Gasteiger partial charge in [0.1, 0.15) is 0 Å². The Labute approximate surface area is 168 Å². The maximum Gasteiger partial charge on any atom is 0.241 e. The van der Waals surface area contributed by atoms with Crippen LogP contribution < -0.4 is 5.32 Å². The van der Waals surface area contributed by atoms with Gasteiger partial charge in [-0.25, -0.2) is 0 Å². The lowest BCUT2D eigenvalue weighted by Gasteiger charge is -2.37. The summed E-state index contributed by atoms with van der Waals surface area (Å²) in [6.07, 6.45) is 1.63. The van der Waals surface area contributed by atoms with Crippen LogP contribution in [0.4, 0.5) is 5.69 Å². The van der Waals surface area contributed by atoms with Crippen molar-refractivity contribution in [3.8, 4) is 0 Å². The molecule has 2 heterocycles. The summed E-state index contributed by atoms with van der Waals surface area (Å²) in [5.74, 6) is 0.818. The number of benzene rings is 1. The second-order valence-corrected chi connectivity index (χ2v) is 8.19. The van der Waals surface area contributed by atoms with Gasteiger partial charge >= 0.3 is 0 Å². The smallest absolute Gasteiger partial charge is 0.241 e. The zero-order chi connectivity index (χ0) is 20.1. The van der Waals surface area contributed by atoms with Gasteiger partial charge in [-0.05, 0) is 56.5 Å². The topological polar surface area (TPSA) is 61.9 Å². The number of anilines is 1. The molecular formula is C22H33N3O3. The van der Waals surface area contributed by atoms with Gasteiger partial charge in [-0.2, -0.15) is 0 Å². The lowest BCUT2D eigenvalue weighted by atomic mass is 9.94. The third kappa shape index (κ3) is 5.11. The lowest BCUT2D eigenvalue weighted by molar-refractivity contribution is -0.141. The van der Waals surface area contributed by atoms with Crippen LogP contribution in [0.2, 0.25) is 0 Å². The SMILES string of the molecule is CC(C)c1ccc(NC(=O)[C@H](C)N2CCC(C(=O)N3CCOCC3)CC2)cc1. The molecule has 0 radical (unpaired) electrons. The van der Waals surface area contributed by atoms with Crippen LogP contribution in [-0.4, -0.2) is 67.0 Å². The largest absolute Gasteiger partial charge is 0.378 e. The van der Waals surface area contributed by atoms with Crippen molar-refractivity contribution in [2.75, 3.05) is 44.7 Å². The fraction of sp³-hybridized carbons (Fsp3) is 0.636. The highest BCUT2D eigenvalue weighted by atomic mass is 16.5. The molecule has 0 aromatic heterocycles. The van der Waals surface area contributed by atoms with Crippen LogP contribution >= 0.6 is 0 Å². The zero-order valence-electron chi connectivity index (χ0n) is 17.3. The van der Waals surface area contributed by atoms with E-state index in [0.29, 0.717) is 32.2 Å². The van der Waals surface area contributed by atoms with Crippen molar-refractivity contribution < 1.29 is 14.3 Å². The molecular weight excluding hydrogens is 354 g/mol. The molecule has 2 amide bonds. The van der Waals surface area contributed by atoms with Gasteiger partial charge in [0.15, 0.2) is 0 Å². The normalized spacial score (nSPS) is 20.2. The van der Waals surface area contributed by atoms with Crippen LogP contribution in [0.5, 0.6) is 0 Å². The molecule has 28 heavy (non-hydrogen) atoms. The number of morpholine rings is 1. The second kappa shape index (κ2) is 9.52.